The number of nitrogens with zero attached hydrogens (tertiary/aromatic N) is 1. The van der Waals surface area contributed by atoms with Crippen LogP contribution in [-0.2, 0) is 16.7 Å². The van der Waals surface area contributed by atoms with E-state index in [1.165, 1.54) is 17.3 Å². The van der Waals surface area contributed by atoms with Gasteiger partial charge in [0.2, 0.25) is 0 Å². The van der Waals surface area contributed by atoms with E-state index in [0.717, 1.165) is 33.2 Å². The molecule has 0 unspecified atom stereocenters. The Morgan fingerprint density at radius 3 is 2.00 bits per heavy atom. The number of hydrogen-bond acceptors (Lipinski definition) is 6. The van der Waals surface area contributed by atoms with Gasteiger partial charge in [0.05, 0.1) is 20.2 Å². The van der Waals surface area contributed by atoms with E-state index in [1.807, 2.05) is 42.5 Å². The molecule has 0 fully saturated rings. The first-order chi connectivity index (χ1) is 14.9. The minimum atomic E-state index is -4.19. The fraction of sp³-hybridized carbons (Fsp3) is 0.208. The van der Waals surface area contributed by atoms with Crippen molar-refractivity contribution in [3.63, 3.8) is 0 Å². The van der Waals surface area contributed by atoms with Crippen molar-refractivity contribution in [2.75, 3.05) is 16.4 Å². The molecule has 8 heteroatoms. The number of thiocarbonyl (C=S) groups is 1. The van der Waals surface area contributed by atoms with Crippen LogP contribution < -0.4 is 23.8 Å². The van der Waals surface area contributed by atoms with E-state index in [0.29, 0.717) is 12.2 Å². The number of para-hydroxylation sites is 2. The van der Waals surface area contributed by atoms with Gasteiger partial charge in [-0.2, -0.15) is 0 Å². The second-order valence-electron chi connectivity index (χ2n) is 7.41. The summed E-state index contributed by atoms with van der Waals surface area (Å²) in [6, 6.07) is 27.0. The Labute approximate surface area is 211 Å². The number of hydrogen-bond donors (Lipinski definition) is 0. The molecule has 1 aliphatic rings. The van der Waals surface area contributed by atoms with E-state index < -0.39 is 10.1 Å². The summed E-state index contributed by atoms with van der Waals surface area (Å²) in [5.74, 6) is 0.0865. The molecular weight excluding hydrogens is 453 g/mol. The molecule has 4 rings (SSSR count). The first-order valence-electron chi connectivity index (χ1n) is 10.0. The molecule has 0 aliphatic carbocycles. The van der Waals surface area contributed by atoms with Crippen molar-refractivity contribution >= 4 is 49.7 Å². The second kappa shape index (κ2) is 11.0. The van der Waals surface area contributed by atoms with Crippen LogP contribution in [0.5, 0.6) is 0 Å². The zero-order valence-electron chi connectivity index (χ0n) is 17.8. The minimum absolute atomic E-state index is 0. The number of fused-ring (bicyclic) bond motifs is 2. The quantitative estimate of drug-likeness (QED) is 0.227. The molecule has 0 radical (unpaired) electrons. The number of benzene rings is 3. The predicted molar refractivity (Wildman–Crippen MR) is 131 cm³/mol. The minimum Gasteiger partial charge on any atom is -0.748 e. The Balaban J connectivity index is 0.00000289. The summed E-state index contributed by atoms with van der Waals surface area (Å²) in [6.07, 6.45) is 0.298. The van der Waals surface area contributed by atoms with Crippen molar-refractivity contribution < 1.29 is 31.8 Å². The van der Waals surface area contributed by atoms with Crippen LogP contribution in [0.15, 0.2) is 78.9 Å². The number of thioether (sulfide) groups is 1. The smallest absolute Gasteiger partial charge is 0.748 e. The molecule has 3 aromatic rings. The second-order valence-corrected chi connectivity index (χ2v) is 10.8. The van der Waals surface area contributed by atoms with Crippen molar-refractivity contribution in [3.8, 4) is 0 Å². The van der Waals surface area contributed by atoms with Crippen LogP contribution in [0.1, 0.15) is 29.0 Å². The zero-order chi connectivity index (χ0) is 21.8. The molecule has 0 saturated heterocycles. The maximum Gasteiger partial charge on any atom is 1.00 e. The first kappa shape index (κ1) is 25.0. The van der Waals surface area contributed by atoms with Gasteiger partial charge in [0.25, 0.3) is 0 Å². The third kappa shape index (κ3) is 5.85. The molecule has 3 aromatic carbocycles. The molecular formula is C24H22LiNO3S3. The van der Waals surface area contributed by atoms with Gasteiger partial charge in [-0.15, -0.1) is 11.8 Å². The maximum atomic E-state index is 10.9. The maximum absolute atomic E-state index is 10.9. The Hall–Kier alpha value is -1.59. The van der Waals surface area contributed by atoms with E-state index in [9.17, 15) is 13.0 Å². The largest absolute Gasteiger partial charge is 1.00 e. The Morgan fingerprint density at radius 2 is 1.44 bits per heavy atom. The average Bonchev–Trinajstić information content (AvgIpc) is 2.76. The predicted octanol–water partition coefficient (Wildman–Crippen LogP) is 2.47. The van der Waals surface area contributed by atoms with Gasteiger partial charge in [-0.3, -0.25) is 0 Å². The fourth-order valence-corrected chi connectivity index (χ4v) is 6.03. The topological polar surface area (TPSA) is 60.4 Å². The molecule has 0 spiro atoms. The third-order valence-corrected chi connectivity index (χ3v) is 7.67. The van der Waals surface area contributed by atoms with E-state index >= 15 is 0 Å². The van der Waals surface area contributed by atoms with Crippen molar-refractivity contribution in [1.29, 1.82) is 0 Å². The van der Waals surface area contributed by atoms with Gasteiger partial charge >= 0.3 is 18.9 Å². The Kier molecular flexibility index (Phi) is 8.62. The molecule has 4 nitrogen and oxygen atoms in total. The molecule has 0 atom stereocenters. The Morgan fingerprint density at radius 1 is 0.906 bits per heavy atom. The average molecular weight is 476 g/mol. The van der Waals surface area contributed by atoms with Crippen LogP contribution in [0.3, 0.4) is 0 Å². The van der Waals surface area contributed by atoms with E-state index in [1.54, 1.807) is 0 Å². The van der Waals surface area contributed by atoms with Crippen molar-refractivity contribution in [3.05, 3.63) is 95.6 Å². The van der Waals surface area contributed by atoms with Gasteiger partial charge in [0.15, 0.2) is 0 Å². The SMILES string of the molecule is O=S(=O)([O-])CCCSC(=S)C1c2ccccc2N(Cc2ccccc2)c2ccccc21.[Li+]. The van der Waals surface area contributed by atoms with Crippen molar-refractivity contribution in [2.24, 2.45) is 0 Å². The third-order valence-electron chi connectivity index (χ3n) is 5.28. The molecule has 1 heterocycles. The first-order valence-corrected chi connectivity index (χ1v) is 13.0. The van der Waals surface area contributed by atoms with Crippen LogP contribution in [0, 0.1) is 0 Å². The molecule has 0 aromatic heterocycles. The van der Waals surface area contributed by atoms with Gasteiger partial charge in [0.1, 0.15) is 0 Å². The van der Waals surface area contributed by atoms with Crippen molar-refractivity contribution in [2.45, 2.75) is 18.9 Å². The van der Waals surface area contributed by atoms with Gasteiger partial charge in [-0.05, 0) is 41.0 Å². The Bertz CT molecular complexity index is 1140. The van der Waals surface area contributed by atoms with Gasteiger partial charge in [0, 0.05) is 23.7 Å². The van der Waals surface area contributed by atoms with Crippen LogP contribution >= 0.6 is 24.0 Å². The monoisotopic (exact) mass is 475 g/mol. The van der Waals surface area contributed by atoms with Gasteiger partial charge < -0.3 is 9.45 Å². The summed E-state index contributed by atoms with van der Waals surface area (Å²) in [4.78, 5) is 2.33. The molecule has 160 valence electrons. The van der Waals surface area contributed by atoms with Crippen LogP contribution in [0.4, 0.5) is 11.4 Å². The van der Waals surface area contributed by atoms with Crippen molar-refractivity contribution in [1.82, 2.24) is 0 Å². The van der Waals surface area contributed by atoms with Gasteiger partial charge in [-0.25, -0.2) is 8.42 Å². The molecule has 0 bridgehead atoms. The van der Waals surface area contributed by atoms with Gasteiger partial charge in [-0.1, -0.05) is 78.9 Å². The van der Waals surface area contributed by atoms with E-state index in [2.05, 4.69) is 41.3 Å². The number of anilines is 2. The molecule has 0 amide bonds. The van der Waals surface area contributed by atoms with E-state index in [4.69, 9.17) is 12.2 Å². The molecule has 32 heavy (non-hydrogen) atoms. The molecule has 0 N–H and O–H groups in total. The van der Waals surface area contributed by atoms with Crippen LogP contribution in [0.2, 0.25) is 0 Å². The summed E-state index contributed by atoms with van der Waals surface area (Å²) in [6.45, 7) is 0.753. The van der Waals surface area contributed by atoms with E-state index in [-0.39, 0.29) is 30.5 Å². The summed E-state index contributed by atoms with van der Waals surface area (Å²) < 4.78 is 33.5. The standard InChI is InChI=1S/C24H23NO3S3.Li/c26-31(27,28)16-8-15-30-24(29)23-19-11-4-6-13-21(19)25(17-18-9-2-1-3-10-18)22-14-7-5-12-20(22)23;/h1-7,9-14,23H,8,15-17H2,(H,26,27,28);/q;+1/p-1. The molecule has 1 aliphatic heterocycles. The zero-order valence-corrected chi connectivity index (χ0v) is 20.3. The summed E-state index contributed by atoms with van der Waals surface area (Å²) in [5.41, 5.74) is 5.76. The van der Waals surface area contributed by atoms with Crippen LogP contribution in [0.25, 0.3) is 0 Å². The summed E-state index contributed by atoms with van der Waals surface area (Å²) in [5, 5.41) is 0. The summed E-state index contributed by atoms with van der Waals surface area (Å²) in [7, 11) is -4.19. The summed E-state index contributed by atoms with van der Waals surface area (Å²) >= 11 is 7.28. The van der Waals surface area contributed by atoms with Crippen LogP contribution in [-0.4, -0.2) is 28.7 Å². The number of rotatable bonds is 7. The normalized spacial score (nSPS) is 13.1. The fourth-order valence-electron chi connectivity index (χ4n) is 3.93. The molecule has 0 saturated carbocycles.